The number of fused-ring (bicyclic) bond motifs is 1. The molecule has 3 rings (SSSR count). The molecule has 0 heterocycles. The smallest absolute Gasteiger partial charge is 0.314 e. The molecule has 0 radical (unpaired) electrons. The van der Waals surface area contributed by atoms with E-state index in [0.29, 0.717) is 0 Å². The van der Waals surface area contributed by atoms with Crippen LogP contribution in [0.2, 0.25) is 0 Å². The molecule has 1 fully saturated rings. The molecule has 1 aromatic carbocycles. The Morgan fingerprint density at radius 3 is 2.62 bits per heavy atom. The molecule has 0 amide bonds. The first-order valence-electron chi connectivity index (χ1n) is 6.09. The average Bonchev–Trinajstić information content (AvgIpc) is 3.09. The Morgan fingerprint density at radius 2 is 1.94 bits per heavy atom. The van der Waals surface area contributed by atoms with Crippen LogP contribution in [0.1, 0.15) is 42.4 Å². The molecule has 1 aromatic rings. The molecule has 2 aliphatic carbocycles. The van der Waals surface area contributed by atoms with Crippen molar-refractivity contribution in [2.24, 2.45) is 0 Å². The van der Waals surface area contributed by atoms with Crippen molar-refractivity contribution in [3.05, 3.63) is 34.9 Å². The van der Waals surface area contributed by atoms with Gasteiger partial charge in [-0.25, -0.2) is 0 Å². The normalized spacial score (nSPS) is 21.2. The van der Waals surface area contributed by atoms with Crippen LogP contribution in [-0.4, -0.2) is 11.1 Å². The zero-order valence-electron chi connectivity index (χ0n) is 9.33. The zero-order chi connectivity index (χ0) is 11.2. The maximum atomic E-state index is 11.4. The number of aryl methyl sites for hydroxylation is 1. The van der Waals surface area contributed by atoms with Crippen molar-refractivity contribution in [2.45, 2.75) is 43.9 Å². The van der Waals surface area contributed by atoms with Crippen LogP contribution in [-0.2, 0) is 23.1 Å². The van der Waals surface area contributed by atoms with Gasteiger partial charge in [0.15, 0.2) is 0 Å². The molecule has 16 heavy (non-hydrogen) atoms. The summed E-state index contributed by atoms with van der Waals surface area (Å²) in [7, 11) is 0. The number of benzene rings is 1. The van der Waals surface area contributed by atoms with Crippen LogP contribution in [0, 0.1) is 0 Å². The van der Waals surface area contributed by atoms with E-state index in [9.17, 15) is 9.90 Å². The Labute approximate surface area is 95.3 Å². The van der Waals surface area contributed by atoms with Crippen LogP contribution in [0.25, 0.3) is 0 Å². The van der Waals surface area contributed by atoms with Crippen molar-refractivity contribution in [3.63, 3.8) is 0 Å². The summed E-state index contributed by atoms with van der Waals surface area (Å²) in [6.07, 6.45) is 6.28. The van der Waals surface area contributed by atoms with Gasteiger partial charge in [-0.3, -0.25) is 4.79 Å². The lowest BCUT2D eigenvalue weighted by Crippen LogP contribution is -2.22. The van der Waals surface area contributed by atoms with Crippen LogP contribution >= 0.6 is 0 Å². The van der Waals surface area contributed by atoms with Gasteiger partial charge >= 0.3 is 5.97 Å². The largest absolute Gasteiger partial charge is 0.481 e. The minimum Gasteiger partial charge on any atom is -0.481 e. The number of carboxylic acid groups (broad SMARTS) is 1. The van der Waals surface area contributed by atoms with Gasteiger partial charge in [-0.05, 0) is 55.2 Å². The van der Waals surface area contributed by atoms with E-state index in [1.54, 1.807) is 0 Å². The predicted octanol–water partition coefficient (Wildman–Crippen LogP) is 2.68. The first-order chi connectivity index (χ1) is 7.74. The molecule has 2 aliphatic rings. The lowest BCUT2D eigenvalue weighted by Gasteiger charge is -2.22. The predicted molar refractivity (Wildman–Crippen MR) is 61.6 cm³/mol. The van der Waals surface area contributed by atoms with Crippen molar-refractivity contribution in [2.75, 3.05) is 0 Å². The van der Waals surface area contributed by atoms with Crippen LogP contribution in [0.5, 0.6) is 0 Å². The summed E-state index contributed by atoms with van der Waals surface area (Å²) in [6, 6.07) is 6.23. The van der Waals surface area contributed by atoms with E-state index < -0.39 is 11.4 Å². The Bertz CT molecular complexity index is 444. The number of rotatable bonds is 2. The highest BCUT2D eigenvalue weighted by Crippen LogP contribution is 2.50. The molecule has 0 saturated heterocycles. The van der Waals surface area contributed by atoms with Crippen molar-refractivity contribution in [1.29, 1.82) is 0 Å². The Kier molecular flexibility index (Phi) is 2.06. The summed E-state index contributed by atoms with van der Waals surface area (Å²) in [5.74, 6) is -0.633. The summed E-state index contributed by atoms with van der Waals surface area (Å²) in [5, 5.41) is 9.36. The molecule has 84 valence electrons. The van der Waals surface area contributed by atoms with Crippen molar-refractivity contribution >= 4 is 5.97 Å². The number of carbonyl (C=O) groups is 1. The van der Waals surface area contributed by atoms with E-state index in [-0.39, 0.29) is 0 Å². The number of hydrogen-bond donors (Lipinski definition) is 1. The number of hydrogen-bond acceptors (Lipinski definition) is 1. The van der Waals surface area contributed by atoms with Crippen molar-refractivity contribution < 1.29 is 9.90 Å². The van der Waals surface area contributed by atoms with Crippen molar-refractivity contribution in [1.82, 2.24) is 0 Å². The Hall–Kier alpha value is -1.31. The van der Waals surface area contributed by atoms with Crippen LogP contribution in [0.15, 0.2) is 18.2 Å². The van der Waals surface area contributed by atoms with Gasteiger partial charge in [0.1, 0.15) is 0 Å². The van der Waals surface area contributed by atoms with E-state index in [1.165, 1.54) is 24.0 Å². The second kappa shape index (κ2) is 3.34. The zero-order valence-corrected chi connectivity index (χ0v) is 9.33. The van der Waals surface area contributed by atoms with Gasteiger partial charge in [-0.1, -0.05) is 18.2 Å². The second-order valence-corrected chi connectivity index (χ2v) is 5.04. The molecular formula is C14H16O2. The highest BCUT2D eigenvalue weighted by atomic mass is 16.4. The molecule has 0 unspecified atom stereocenters. The molecule has 0 atom stereocenters. The third-order valence-electron chi connectivity index (χ3n) is 4.07. The Morgan fingerprint density at radius 1 is 1.19 bits per heavy atom. The van der Waals surface area contributed by atoms with E-state index in [1.807, 2.05) is 12.1 Å². The number of aliphatic carboxylic acids is 1. The SMILES string of the molecule is O=C(O)C1(c2cccc3c2CCCC3)CC1. The molecular weight excluding hydrogens is 200 g/mol. The molecule has 1 saturated carbocycles. The topological polar surface area (TPSA) is 37.3 Å². The Balaban J connectivity index is 2.11. The summed E-state index contributed by atoms with van der Waals surface area (Å²) >= 11 is 0. The third-order valence-corrected chi connectivity index (χ3v) is 4.07. The minimum atomic E-state index is -0.633. The molecule has 0 spiro atoms. The van der Waals surface area contributed by atoms with Gasteiger partial charge < -0.3 is 5.11 Å². The van der Waals surface area contributed by atoms with Crippen LogP contribution in [0.3, 0.4) is 0 Å². The molecule has 0 aliphatic heterocycles. The number of carboxylic acids is 1. The fraction of sp³-hybridized carbons (Fsp3) is 0.500. The van der Waals surface area contributed by atoms with Gasteiger partial charge in [0, 0.05) is 0 Å². The van der Waals surface area contributed by atoms with Gasteiger partial charge in [0.2, 0.25) is 0 Å². The van der Waals surface area contributed by atoms with Crippen LogP contribution in [0.4, 0.5) is 0 Å². The maximum Gasteiger partial charge on any atom is 0.314 e. The quantitative estimate of drug-likeness (QED) is 0.825. The first kappa shape index (κ1) is 9.88. The van der Waals surface area contributed by atoms with Crippen LogP contribution < -0.4 is 0 Å². The standard InChI is InChI=1S/C14H16O2/c15-13(16)14(8-9-14)12-7-3-5-10-4-1-2-6-11(10)12/h3,5,7H,1-2,4,6,8-9H2,(H,15,16). The highest BCUT2D eigenvalue weighted by molar-refractivity contribution is 5.85. The van der Waals surface area contributed by atoms with Gasteiger partial charge in [-0.15, -0.1) is 0 Å². The molecule has 2 heteroatoms. The van der Waals surface area contributed by atoms with Gasteiger partial charge in [-0.2, -0.15) is 0 Å². The fourth-order valence-corrected chi connectivity index (χ4v) is 2.95. The van der Waals surface area contributed by atoms with Gasteiger partial charge in [0.25, 0.3) is 0 Å². The maximum absolute atomic E-state index is 11.4. The summed E-state index contributed by atoms with van der Waals surface area (Å²) in [6.45, 7) is 0. The lowest BCUT2D eigenvalue weighted by molar-refractivity contribution is -0.140. The summed E-state index contributed by atoms with van der Waals surface area (Å²) in [5.41, 5.74) is 3.31. The van der Waals surface area contributed by atoms with E-state index in [4.69, 9.17) is 0 Å². The van der Waals surface area contributed by atoms with Gasteiger partial charge in [0.05, 0.1) is 5.41 Å². The molecule has 1 N–H and O–H groups in total. The van der Waals surface area contributed by atoms with Crippen molar-refractivity contribution in [3.8, 4) is 0 Å². The van der Waals surface area contributed by atoms with E-state index >= 15 is 0 Å². The summed E-state index contributed by atoms with van der Waals surface area (Å²) < 4.78 is 0. The third kappa shape index (κ3) is 1.29. The highest BCUT2D eigenvalue weighted by Gasteiger charge is 2.52. The lowest BCUT2D eigenvalue weighted by atomic mass is 9.82. The summed E-state index contributed by atoms with van der Waals surface area (Å²) in [4.78, 5) is 11.4. The minimum absolute atomic E-state index is 0.525. The first-order valence-corrected chi connectivity index (χ1v) is 6.09. The van der Waals surface area contributed by atoms with E-state index in [2.05, 4.69) is 6.07 Å². The fourth-order valence-electron chi connectivity index (χ4n) is 2.95. The molecule has 0 bridgehead atoms. The average molecular weight is 216 g/mol. The molecule has 0 aromatic heterocycles. The van der Waals surface area contributed by atoms with E-state index in [0.717, 1.165) is 31.2 Å². The monoisotopic (exact) mass is 216 g/mol. The second-order valence-electron chi connectivity index (χ2n) is 5.04. The molecule has 2 nitrogen and oxygen atoms in total.